The van der Waals surface area contributed by atoms with Gasteiger partial charge in [-0.15, -0.1) is 0 Å². The number of carbonyl (C=O) groups is 1. The van der Waals surface area contributed by atoms with E-state index in [1.807, 2.05) is 74.5 Å². The molecular formula is C32H36N6O4. The third-order valence-electron chi connectivity index (χ3n) is 6.65. The molecule has 0 aromatic heterocycles. The Kier molecular flexibility index (Phi) is 10.7. The molecule has 1 aliphatic rings. The molecule has 42 heavy (non-hydrogen) atoms. The molecule has 0 fully saturated rings. The topological polar surface area (TPSA) is 141 Å². The second-order valence-electron chi connectivity index (χ2n) is 10.3. The van der Waals surface area contributed by atoms with Gasteiger partial charge in [-0.05, 0) is 41.3 Å². The van der Waals surface area contributed by atoms with Gasteiger partial charge in [0.05, 0.1) is 6.61 Å². The number of amides is 1. The van der Waals surface area contributed by atoms with Crippen LogP contribution in [0.1, 0.15) is 49.5 Å². The van der Waals surface area contributed by atoms with Gasteiger partial charge in [0.1, 0.15) is 5.75 Å². The first kappa shape index (κ1) is 30.3. The van der Waals surface area contributed by atoms with Gasteiger partial charge in [0.15, 0.2) is 11.6 Å². The molecule has 0 spiro atoms. The molecule has 3 aromatic rings. The van der Waals surface area contributed by atoms with Crippen LogP contribution in [0.4, 0.5) is 5.69 Å². The van der Waals surface area contributed by atoms with Crippen molar-refractivity contribution >= 4 is 23.6 Å². The summed E-state index contributed by atoms with van der Waals surface area (Å²) in [5.41, 5.74) is 16.3. The molecule has 2 atom stereocenters. The number of hydrogen-bond donors (Lipinski definition) is 3. The van der Waals surface area contributed by atoms with Gasteiger partial charge in [0.25, 0.3) is 5.91 Å². The lowest BCUT2D eigenvalue weighted by molar-refractivity contribution is -0.129. The number of nitrogens with one attached hydrogen (secondary N) is 2. The molecule has 3 aromatic carbocycles. The van der Waals surface area contributed by atoms with Gasteiger partial charge < -0.3 is 14.6 Å². The highest BCUT2D eigenvalue weighted by atomic mass is 16.5. The van der Waals surface area contributed by atoms with Crippen LogP contribution in [0.3, 0.4) is 0 Å². The first-order valence-corrected chi connectivity index (χ1v) is 14.0. The number of ether oxygens (including phenoxy) is 2. The summed E-state index contributed by atoms with van der Waals surface area (Å²) in [5, 5.41) is 12.9. The van der Waals surface area contributed by atoms with Crippen molar-refractivity contribution in [2.45, 2.75) is 38.3 Å². The third kappa shape index (κ3) is 7.55. The van der Waals surface area contributed by atoms with Crippen LogP contribution >= 0.6 is 0 Å². The van der Waals surface area contributed by atoms with Crippen LogP contribution in [-0.4, -0.2) is 42.2 Å². The molecule has 0 saturated heterocycles. The van der Waals surface area contributed by atoms with E-state index < -0.39 is 11.6 Å². The van der Waals surface area contributed by atoms with Crippen LogP contribution in [0.2, 0.25) is 0 Å². The number of aliphatic hydroxyl groups excluding tert-OH is 1. The van der Waals surface area contributed by atoms with Gasteiger partial charge in [-0.2, -0.15) is 0 Å². The summed E-state index contributed by atoms with van der Waals surface area (Å²) < 4.78 is 12.2. The average Bonchev–Trinajstić information content (AvgIpc) is 3.39. The van der Waals surface area contributed by atoms with Gasteiger partial charge in [0.2, 0.25) is 5.90 Å². The molecule has 0 unspecified atom stereocenters. The number of hydrogen-bond acceptors (Lipinski definition) is 7. The van der Waals surface area contributed by atoms with Crippen molar-refractivity contribution in [2.24, 2.45) is 16.0 Å². The minimum absolute atomic E-state index is 0.0519. The predicted molar refractivity (Wildman–Crippen MR) is 163 cm³/mol. The van der Waals surface area contributed by atoms with E-state index >= 15 is 0 Å². The van der Waals surface area contributed by atoms with Gasteiger partial charge in [-0.3, -0.25) is 10.2 Å². The minimum atomic E-state index is -1.43. The Morgan fingerprint density at radius 3 is 2.60 bits per heavy atom. The molecular weight excluding hydrogens is 532 g/mol. The summed E-state index contributed by atoms with van der Waals surface area (Å²) in [6, 6.07) is 24.1. The van der Waals surface area contributed by atoms with Gasteiger partial charge in [0, 0.05) is 47.7 Å². The molecule has 0 saturated carbocycles. The smallest absolute Gasteiger partial charge is 0.266 e. The van der Waals surface area contributed by atoms with E-state index in [-0.39, 0.29) is 24.8 Å². The Balaban J connectivity index is 1.77. The van der Waals surface area contributed by atoms with Crippen LogP contribution in [-0.2, 0) is 9.53 Å². The summed E-state index contributed by atoms with van der Waals surface area (Å²) in [5.74, 6) is 0.854. The molecule has 1 aliphatic heterocycles. The maximum absolute atomic E-state index is 14.1. The second-order valence-corrected chi connectivity index (χ2v) is 10.3. The second kappa shape index (κ2) is 14.8. The zero-order valence-electron chi connectivity index (χ0n) is 23.8. The zero-order chi connectivity index (χ0) is 29.8. The van der Waals surface area contributed by atoms with Crippen molar-refractivity contribution in [3.05, 3.63) is 112 Å². The molecule has 0 aliphatic carbocycles. The fourth-order valence-corrected chi connectivity index (χ4v) is 4.52. The highest BCUT2D eigenvalue weighted by Gasteiger charge is 2.53. The lowest BCUT2D eigenvalue weighted by atomic mass is 9.83. The fraction of sp³-hybridized carbons (Fsp3) is 0.312. The van der Waals surface area contributed by atoms with Gasteiger partial charge in [-0.1, -0.05) is 85.7 Å². The maximum atomic E-state index is 14.1. The minimum Gasteiger partial charge on any atom is -0.494 e. The van der Waals surface area contributed by atoms with Crippen molar-refractivity contribution in [3.63, 3.8) is 0 Å². The molecule has 0 bridgehead atoms. The quantitative estimate of drug-likeness (QED) is 0.0716. The van der Waals surface area contributed by atoms with Crippen molar-refractivity contribution in [2.75, 3.05) is 19.8 Å². The zero-order valence-corrected chi connectivity index (χ0v) is 23.8. The molecule has 218 valence electrons. The average molecular weight is 569 g/mol. The maximum Gasteiger partial charge on any atom is 0.266 e. The molecule has 10 heteroatoms. The molecule has 1 heterocycles. The van der Waals surface area contributed by atoms with E-state index in [0.717, 1.165) is 5.56 Å². The van der Waals surface area contributed by atoms with Crippen LogP contribution in [0, 0.1) is 5.92 Å². The van der Waals surface area contributed by atoms with Gasteiger partial charge >= 0.3 is 0 Å². The highest BCUT2D eigenvalue weighted by Crippen LogP contribution is 2.45. The lowest BCUT2D eigenvalue weighted by Crippen LogP contribution is -2.53. The van der Waals surface area contributed by atoms with Crippen LogP contribution in [0.5, 0.6) is 5.75 Å². The summed E-state index contributed by atoms with van der Waals surface area (Å²) in [6.07, 6.45) is 3.70. The van der Waals surface area contributed by atoms with Crippen LogP contribution in [0.15, 0.2) is 95.0 Å². The highest BCUT2D eigenvalue weighted by molar-refractivity contribution is 6.01. The molecule has 0 radical (unpaired) electrons. The normalized spacial score (nSPS) is 17.9. The molecule has 10 nitrogen and oxygen atoms in total. The standard InChI is InChI=1S/C32H36N6O4/c1-23(2)22-34-37-31(40)32(19-8-12-24-10-4-3-5-11-24)29(27-13-6-7-14-28(27)36-38-33)42-30(35-32)25-15-17-26(18-16-25)41-21-9-20-39/h3-8,10-18,23,29,34,39H,9,19-22H2,1-2H3,(H,37,40)/b12-8+/t29-,32-/m0/s1. The number of nitrogens with zero attached hydrogens (tertiary/aromatic N) is 4. The molecule has 1 amide bonds. The van der Waals surface area contributed by atoms with E-state index in [9.17, 15) is 10.3 Å². The van der Waals surface area contributed by atoms with Gasteiger partial charge in [-0.25, -0.2) is 10.4 Å². The lowest BCUT2D eigenvalue weighted by Gasteiger charge is -2.30. The number of aliphatic hydroxyl groups is 1. The Labute approximate surface area is 245 Å². The van der Waals surface area contributed by atoms with Crippen molar-refractivity contribution in [1.29, 1.82) is 0 Å². The SMILES string of the molecule is CC(C)CNNC(=O)[C@@]1(C/C=C/c2ccccc2)N=C(c2ccc(OCCCO)cc2)O[C@H]1c1ccccc1N=[N+]=[N-]. The number of hydrazine groups is 1. The summed E-state index contributed by atoms with van der Waals surface area (Å²) in [7, 11) is 0. The van der Waals surface area contributed by atoms with Crippen LogP contribution in [0.25, 0.3) is 16.5 Å². The Morgan fingerprint density at radius 2 is 1.88 bits per heavy atom. The number of azide groups is 1. The number of carbonyl (C=O) groups excluding carboxylic acids is 1. The van der Waals surface area contributed by atoms with Crippen molar-refractivity contribution < 1.29 is 19.4 Å². The van der Waals surface area contributed by atoms with Crippen LogP contribution < -0.4 is 15.6 Å². The van der Waals surface area contributed by atoms with Crippen molar-refractivity contribution in [3.8, 4) is 5.75 Å². The number of aliphatic imine (C=N–C) groups is 1. The number of benzene rings is 3. The fourth-order valence-electron chi connectivity index (χ4n) is 4.52. The Bertz CT molecular complexity index is 1430. The van der Waals surface area contributed by atoms with E-state index in [1.54, 1.807) is 30.3 Å². The summed E-state index contributed by atoms with van der Waals surface area (Å²) >= 11 is 0. The Hall–Kier alpha value is -4.63. The molecule has 3 N–H and O–H groups in total. The monoisotopic (exact) mass is 568 g/mol. The first-order valence-electron chi connectivity index (χ1n) is 14.0. The van der Waals surface area contributed by atoms with E-state index in [4.69, 9.17) is 19.6 Å². The summed E-state index contributed by atoms with van der Waals surface area (Å²) in [6.45, 7) is 5.10. The first-order chi connectivity index (χ1) is 20.5. The Morgan fingerprint density at radius 1 is 1.14 bits per heavy atom. The number of rotatable bonds is 14. The molecule has 4 rings (SSSR count). The largest absolute Gasteiger partial charge is 0.494 e. The predicted octanol–water partition coefficient (Wildman–Crippen LogP) is 6.03. The third-order valence-corrected chi connectivity index (χ3v) is 6.65. The van der Waals surface area contributed by atoms with E-state index in [2.05, 4.69) is 20.9 Å². The van der Waals surface area contributed by atoms with E-state index in [0.29, 0.717) is 48.1 Å². The summed E-state index contributed by atoms with van der Waals surface area (Å²) in [4.78, 5) is 22.0. The van der Waals surface area contributed by atoms with Crippen molar-refractivity contribution in [1.82, 2.24) is 10.9 Å². The van der Waals surface area contributed by atoms with E-state index in [1.165, 1.54) is 0 Å².